The lowest BCUT2D eigenvalue weighted by Gasteiger charge is -2.13. The second-order valence-corrected chi connectivity index (χ2v) is 5.21. The Morgan fingerprint density at radius 1 is 1.17 bits per heavy atom. The SMILES string of the molecule is COc1ccccc1C1CC(OCC(=O)c2ccccc2)=NN1. The molecule has 0 aliphatic carbocycles. The van der Waals surface area contributed by atoms with Crippen LogP contribution in [0.15, 0.2) is 59.7 Å². The Labute approximate surface area is 134 Å². The summed E-state index contributed by atoms with van der Waals surface area (Å²) in [5.74, 6) is 1.28. The van der Waals surface area contributed by atoms with Crippen molar-refractivity contribution < 1.29 is 14.3 Å². The fourth-order valence-electron chi connectivity index (χ4n) is 2.50. The van der Waals surface area contributed by atoms with Gasteiger partial charge in [-0.25, -0.2) is 0 Å². The number of benzene rings is 2. The number of carbonyl (C=O) groups excluding carboxylic acids is 1. The van der Waals surface area contributed by atoms with Gasteiger partial charge in [-0.1, -0.05) is 48.5 Å². The first-order valence-electron chi connectivity index (χ1n) is 7.44. The Balaban J connectivity index is 1.57. The Hall–Kier alpha value is -2.82. The maximum absolute atomic E-state index is 12.0. The zero-order valence-corrected chi connectivity index (χ0v) is 12.9. The number of nitrogens with zero attached hydrogens (tertiary/aromatic N) is 1. The molecule has 5 heteroatoms. The molecule has 2 aromatic rings. The van der Waals surface area contributed by atoms with Gasteiger partial charge < -0.3 is 9.47 Å². The predicted molar refractivity (Wildman–Crippen MR) is 87.6 cm³/mol. The highest BCUT2D eigenvalue weighted by molar-refractivity contribution is 5.98. The molecule has 0 bridgehead atoms. The number of rotatable bonds is 5. The molecule has 1 aliphatic rings. The number of methoxy groups -OCH3 is 1. The summed E-state index contributed by atoms with van der Waals surface area (Å²) in [6.07, 6.45) is 0.586. The van der Waals surface area contributed by atoms with Crippen LogP contribution in [0.25, 0.3) is 0 Å². The van der Waals surface area contributed by atoms with Gasteiger partial charge in [0.25, 0.3) is 0 Å². The first-order chi connectivity index (χ1) is 11.3. The molecule has 118 valence electrons. The summed E-state index contributed by atoms with van der Waals surface area (Å²) in [6.45, 7) is -0.0107. The molecule has 1 heterocycles. The van der Waals surface area contributed by atoms with E-state index >= 15 is 0 Å². The van der Waals surface area contributed by atoms with Crippen molar-refractivity contribution in [1.82, 2.24) is 5.43 Å². The Bertz CT molecular complexity index is 713. The fourth-order valence-corrected chi connectivity index (χ4v) is 2.50. The van der Waals surface area contributed by atoms with Crippen LogP contribution >= 0.6 is 0 Å². The third-order valence-electron chi connectivity index (χ3n) is 3.70. The number of hydrazone groups is 1. The molecule has 1 unspecified atom stereocenters. The Morgan fingerprint density at radius 2 is 1.91 bits per heavy atom. The minimum Gasteiger partial charge on any atom is -0.496 e. The fraction of sp³-hybridized carbons (Fsp3) is 0.222. The smallest absolute Gasteiger partial charge is 0.208 e. The van der Waals surface area contributed by atoms with E-state index in [-0.39, 0.29) is 18.4 Å². The van der Waals surface area contributed by atoms with Crippen LogP contribution in [0, 0.1) is 0 Å². The van der Waals surface area contributed by atoms with Crippen LogP contribution in [-0.2, 0) is 4.74 Å². The van der Waals surface area contributed by atoms with Crippen LogP contribution in [0.3, 0.4) is 0 Å². The summed E-state index contributed by atoms with van der Waals surface area (Å²) in [7, 11) is 1.64. The van der Waals surface area contributed by atoms with Crippen molar-refractivity contribution in [3.63, 3.8) is 0 Å². The zero-order chi connectivity index (χ0) is 16.1. The van der Waals surface area contributed by atoms with E-state index in [0.717, 1.165) is 11.3 Å². The van der Waals surface area contributed by atoms with Crippen molar-refractivity contribution in [3.05, 3.63) is 65.7 Å². The monoisotopic (exact) mass is 310 g/mol. The number of hydrogen-bond acceptors (Lipinski definition) is 5. The molecule has 0 radical (unpaired) electrons. The highest BCUT2D eigenvalue weighted by Crippen LogP contribution is 2.29. The van der Waals surface area contributed by atoms with E-state index in [0.29, 0.717) is 17.9 Å². The number of carbonyl (C=O) groups is 1. The van der Waals surface area contributed by atoms with Gasteiger partial charge >= 0.3 is 0 Å². The number of ether oxygens (including phenoxy) is 2. The molecule has 0 fully saturated rings. The third-order valence-corrected chi connectivity index (χ3v) is 3.70. The molecule has 0 spiro atoms. The molecule has 1 aliphatic heterocycles. The van der Waals surface area contributed by atoms with Gasteiger partial charge in [0.2, 0.25) is 5.90 Å². The average Bonchev–Trinajstić information content (AvgIpc) is 3.09. The van der Waals surface area contributed by atoms with Crippen molar-refractivity contribution in [3.8, 4) is 5.75 Å². The Kier molecular flexibility index (Phi) is 4.57. The molecule has 0 amide bonds. The number of hydrogen-bond donors (Lipinski definition) is 1. The lowest BCUT2D eigenvalue weighted by atomic mass is 10.0. The van der Waals surface area contributed by atoms with Crippen LogP contribution in [0.2, 0.25) is 0 Å². The van der Waals surface area contributed by atoms with E-state index in [1.807, 2.05) is 42.5 Å². The molecule has 0 saturated carbocycles. The summed E-state index contributed by atoms with van der Waals surface area (Å²) in [4.78, 5) is 12.0. The van der Waals surface area contributed by atoms with Gasteiger partial charge in [0, 0.05) is 11.1 Å². The summed E-state index contributed by atoms with van der Waals surface area (Å²) < 4.78 is 10.9. The molecule has 1 atom stereocenters. The van der Waals surface area contributed by atoms with Gasteiger partial charge in [0.05, 0.1) is 19.6 Å². The maximum atomic E-state index is 12.0. The second kappa shape index (κ2) is 6.96. The lowest BCUT2D eigenvalue weighted by molar-refractivity contribution is 0.0911. The van der Waals surface area contributed by atoms with Gasteiger partial charge in [-0.15, -0.1) is 5.10 Å². The average molecular weight is 310 g/mol. The third kappa shape index (κ3) is 3.51. The quantitative estimate of drug-likeness (QED) is 0.863. The molecule has 23 heavy (non-hydrogen) atoms. The van der Waals surface area contributed by atoms with Crippen LogP contribution < -0.4 is 10.2 Å². The summed E-state index contributed by atoms with van der Waals surface area (Å²) in [5, 5.41) is 4.17. The van der Waals surface area contributed by atoms with E-state index in [4.69, 9.17) is 9.47 Å². The van der Waals surface area contributed by atoms with Crippen LogP contribution in [0.1, 0.15) is 28.4 Å². The molecule has 1 N–H and O–H groups in total. The van der Waals surface area contributed by atoms with Crippen molar-refractivity contribution in [1.29, 1.82) is 0 Å². The normalized spacial score (nSPS) is 16.4. The van der Waals surface area contributed by atoms with Crippen molar-refractivity contribution >= 4 is 11.7 Å². The summed E-state index contributed by atoms with van der Waals surface area (Å²) >= 11 is 0. The van der Waals surface area contributed by atoms with Gasteiger partial charge in [0.15, 0.2) is 12.4 Å². The van der Waals surface area contributed by atoms with Crippen LogP contribution in [0.5, 0.6) is 5.75 Å². The van der Waals surface area contributed by atoms with E-state index in [2.05, 4.69) is 10.5 Å². The number of Topliss-reactive ketones (excluding diaryl/α,β-unsaturated/α-hetero) is 1. The predicted octanol–water partition coefficient (Wildman–Crippen LogP) is 2.94. The maximum Gasteiger partial charge on any atom is 0.208 e. The van der Waals surface area contributed by atoms with E-state index < -0.39 is 0 Å². The first kappa shape index (κ1) is 15.1. The molecule has 5 nitrogen and oxygen atoms in total. The van der Waals surface area contributed by atoms with Crippen molar-refractivity contribution in [2.45, 2.75) is 12.5 Å². The second-order valence-electron chi connectivity index (χ2n) is 5.21. The van der Waals surface area contributed by atoms with Crippen LogP contribution in [0.4, 0.5) is 0 Å². The van der Waals surface area contributed by atoms with E-state index in [9.17, 15) is 4.79 Å². The van der Waals surface area contributed by atoms with E-state index in [1.165, 1.54) is 0 Å². The molecular weight excluding hydrogens is 292 g/mol. The Morgan fingerprint density at radius 3 is 2.70 bits per heavy atom. The number of para-hydroxylation sites is 1. The molecular formula is C18H18N2O3. The van der Waals surface area contributed by atoms with Crippen molar-refractivity contribution in [2.24, 2.45) is 5.10 Å². The summed E-state index contributed by atoms with van der Waals surface area (Å²) in [5.41, 5.74) is 4.69. The molecule has 0 saturated heterocycles. The molecule has 3 rings (SSSR count). The van der Waals surface area contributed by atoms with Crippen LogP contribution in [-0.4, -0.2) is 25.4 Å². The molecule has 2 aromatic carbocycles. The van der Waals surface area contributed by atoms with Gasteiger partial charge in [-0.05, 0) is 6.07 Å². The largest absolute Gasteiger partial charge is 0.496 e. The highest BCUT2D eigenvalue weighted by Gasteiger charge is 2.24. The summed E-state index contributed by atoms with van der Waals surface area (Å²) in [6, 6.07) is 16.9. The zero-order valence-electron chi connectivity index (χ0n) is 12.9. The minimum absolute atomic E-state index is 0.00650. The highest BCUT2D eigenvalue weighted by atomic mass is 16.5. The number of ketones is 1. The topological polar surface area (TPSA) is 59.9 Å². The standard InChI is InChI=1S/C18H18N2O3/c1-22-17-10-6-5-9-14(17)15-11-18(20-19-15)23-12-16(21)13-7-3-2-4-8-13/h2-10,15,19H,11-12H2,1H3. The number of nitrogens with one attached hydrogen (secondary N) is 1. The minimum atomic E-state index is -0.0611. The lowest BCUT2D eigenvalue weighted by Crippen LogP contribution is -2.14. The molecule has 0 aromatic heterocycles. The van der Waals surface area contributed by atoms with Crippen molar-refractivity contribution in [2.75, 3.05) is 13.7 Å². The van der Waals surface area contributed by atoms with Gasteiger partial charge in [-0.2, -0.15) is 0 Å². The first-order valence-corrected chi connectivity index (χ1v) is 7.44. The van der Waals surface area contributed by atoms with Gasteiger partial charge in [-0.3, -0.25) is 10.2 Å². The van der Waals surface area contributed by atoms with Gasteiger partial charge in [0.1, 0.15) is 5.75 Å². The van der Waals surface area contributed by atoms with E-state index in [1.54, 1.807) is 19.2 Å².